The fourth-order valence-corrected chi connectivity index (χ4v) is 4.06. The van der Waals surface area contributed by atoms with Gasteiger partial charge in [-0.25, -0.2) is 0 Å². The first kappa shape index (κ1) is 21.3. The van der Waals surface area contributed by atoms with Crippen LogP contribution in [0.15, 0.2) is 91.0 Å². The van der Waals surface area contributed by atoms with Crippen molar-refractivity contribution in [1.29, 1.82) is 0 Å². The highest BCUT2D eigenvalue weighted by atomic mass is 16.3. The van der Waals surface area contributed by atoms with Crippen LogP contribution >= 0.6 is 0 Å². The summed E-state index contributed by atoms with van der Waals surface area (Å²) >= 11 is 0. The second kappa shape index (κ2) is 10.4. The highest BCUT2D eigenvalue weighted by Gasteiger charge is 2.38. The predicted octanol–water partition coefficient (Wildman–Crippen LogP) is 4.27. The maximum absolute atomic E-state index is 10.3. The van der Waals surface area contributed by atoms with Crippen LogP contribution in [0.2, 0.25) is 0 Å². The number of aliphatic hydroxyl groups excluding tert-OH is 1. The molecule has 0 aromatic heterocycles. The van der Waals surface area contributed by atoms with Gasteiger partial charge in [-0.3, -0.25) is 5.32 Å². The Hall–Kier alpha value is -2.46. The van der Waals surface area contributed by atoms with E-state index >= 15 is 0 Å². The normalized spacial score (nSPS) is 12.8. The second-order valence-electron chi connectivity index (χ2n) is 7.36. The van der Waals surface area contributed by atoms with Crippen molar-refractivity contribution in [2.75, 3.05) is 26.2 Å². The van der Waals surface area contributed by atoms with Gasteiger partial charge >= 0.3 is 0 Å². The molecule has 152 valence electrons. The molecule has 0 aliphatic carbocycles. The minimum atomic E-state index is -0.551. The lowest BCUT2D eigenvalue weighted by Crippen LogP contribution is -2.54. The maximum Gasteiger partial charge on any atom is 0.0951 e. The van der Waals surface area contributed by atoms with Crippen molar-refractivity contribution in [2.45, 2.75) is 25.4 Å². The van der Waals surface area contributed by atoms with Crippen LogP contribution in [0.3, 0.4) is 0 Å². The molecule has 0 amide bonds. The van der Waals surface area contributed by atoms with Gasteiger partial charge in [0.1, 0.15) is 0 Å². The molecule has 3 nitrogen and oxygen atoms in total. The number of hydrogen-bond donors (Lipinski definition) is 2. The summed E-state index contributed by atoms with van der Waals surface area (Å²) in [4.78, 5) is 2.35. The zero-order chi connectivity index (χ0) is 20.5. The van der Waals surface area contributed by atoms with Gasteiger partial charge < -0.3 is 10.0 Å². The van der Waals surface area contributed by atoms with E-state index in [-0.39, 0.29) is 12.6 Å². The summed E-state index contributed by atoms with van der Waals surface area (Å²) in [6, 6.07) is 31.5. The zero-order valence-electron chi connectivity index (χ0n) is 17.5. The predicted molar refractivity (Wildman–Crippen MR) is 121 cm³/mol. The third kappa shape index (κ3) is 4.76. The van der Waals surface area contributed by atoms with Gasteiger partial charge in [-0.2, -0.15) is 0 Å². The van der Waals surface area contributed by atoms with Crippen LogP contribution < -0.4 is 5.32 Å². The van der Waals surface area contributed by atoms with Gasteiger partial charge in [-0.1, -0.05) is 105 Å². The molecule has 0 unspecified atom stereocenters. The van der Waals surface area contributed by atoms with Gasteiger partial charge in [0.2, 0.25) is 0 Å². The van der Waals surface area contributed by atoms with Crippen LogP contribution in [0.1, 0.15) is 30.5 Å². The monoisotopic (exact) mass is 388 g/mol. The Morgan fingerprint density at radius 2 is 1.10 bits per heavy atom. The van der Waals surface area contributed by atoms with Crippen LogP contribution in [-0.4, -0.2) is 42.3 Å². The average Bonchev–Trinajstić information content (AvgIpc) is 2.81. The van der Waals surface area contributed by atoms with E-state index in [0.29, 0.717) is 0 Å². The first-order valence-corrected chi connectivity index (χ1v) is 10.5. The summed E-state index contributed by atoms with van der Waals surface area (Å²) < 4.78 is 0. The number of nitrogens with one attached hydrogen (secondary N) is 1. The van der Waals surface area contributed by atoms with Crippen molar-refractivity contribution in [1.82, 2.24) is 10.2 Å². The summed E-state index contributed by atoms with van der Waals surface area (Å²) in [6.07, 6.45) is 0. The fraction of sp³-hybridized carbons (Fsp3) is 0.308. The molecule has 0 bridgehead atoms. The highest BCUT2D eigenvalue weighted by Crippen LogP contribution is 2.37. The Labute approximate surface area is 175 Å². The molecular weight excluding hydrogens is 356 g/mol. The largest absolute Gasteiger partial charge is 0.395 e. The summed E-state index contributed by atoms with van der Waals surface area (Å²) in [6.45, 7) is 7.11. The Bertz CT molecular complexity index is 736. The Morgan fingerprint density at radius 1 is 0.724 bits per heavy atom. The highest BCUT2D eigenvalue weighted by molar-refractivity contribution is 5.49. The lowest BCUT2D eigenvalue weighted by Gasteiger charge is -2.41. The molecule has 0 aliphatic heterocycles. The van der Waals surface area contributed by atoms with Gasteiger partial charge in [0, 0.05) is 12.6 Å². The lowest BCUT2D eigenvalue weighted by molar-refractivity contribution is 0.173. The number of nitrogens with zero attached hydrogens (tertiary/aromatic N) is 1. The Morgan fingerprint density at radius 3 is 1.41 bits per heavy atom. The Balaban J connectivity index is 2.17. The molecule has 2 N–H and O–H groups in total. The second-order valence-corrected chi connectivity index (χ2v) is 7.36. The molecular formula is C26H32N2O. The molecule has 3 aromatic carbocycles. The average molecular weight is 389 g/mol. The van der Waals surface area contributed by atoms with Crippen molar-refractivity contribution < 1.29 is 5.11 Å². The molecule has 3 aromatic rings. The summed E-state index contributed by atoms with van der Waals surface area (Å²) in [5.74, 6) is 0. The number of rotatable bonds is 10. The van der Waals surface area contributed by atoms with Gasteiger partial charge in [-0.05, 0) is 29.8 Å². The van der Waals surface area contributed by atoms with Crippen LogP contribution in [-0.2, 0) is 5.54 Å². The number of likely N-dealkylation sites (N-methyl/N-ethyl adjacent to an activating group) is 1. The maximum atomic E-state index is 10.3. The molecule has 3 rings (SSSR count). The van der Waals surface area contributed by atoms with Crippen molar-refractivity contribution >= 4 is 0 Å². The smallest absolute Gasteiger partial charge is 0.0951 e. The molecule has 1 atom stereocenters. The number of hydrogen-bond acceptors (Lipinski definition) is 3. The molecule has 0 saturated heterocycles. The Kier molecular flexibility index (Phi) is 7.59. The third-order valence-corrected chi connectivity index (χ3v) is 5.63. The van der Waals surface area contributed by atoms with Crippen molar-refractivity contribution in [3.63, 3.8) is 0 Å². The van der Waals surface area contributed by atoms with Gasteiger partial charge in [0.15, 0.2) is 0 Å². The first-order valence-electron chi connectivity index (χ1n) is 10.5. The summed E-state index contributed by atoms with van der Waals surface area (Å²) in [5, 5.41) is 14.2. The van der Waals surface area contributed by atoms with E-state index in [4.69, 9.17) is 0 Å². The van der Waals surface area contributed by atoms with E-state index in [0.717, 1.165) is 36.3 Å². The van der Waals surface area contributed by atoms with Crippen LogP contribution in [0.5, 0.6) is 0 Å². The van der Waals surface area contributed by atoms with Crippen molar-refractivity contribution in [3.8, 4) is 0 Å². The minimum absolute atomic E-state index is 0.0736. The molecule has 0 heterocycles. The topological polar surface area (TPSA) is 35.5 Å². The molecule has 0 aliphatic rings. The SMILES string of the molecule is CCN(CC)C[C@@H](CO)NC(c1ccccc1)(c1ccccc1)c1ccccc1. The standard InChI is InChI=1S/C26H32N2O/c1-3-28(4-2)20-25(21-29)27-26(22-14-8-5-9-15-22,23-16-10-6-11-17-23)24-18-12-7-13-19-24/h5-19,25,27,29H,3-4,20-21H2,1-2H3/t25-/m0/s1. The van der Waals surface area contributed by atoms with E-state index in [1.54, 1.807) is 0 Å². The number of aliphatic hydroxyl groups is 1. The molecule has 0 saturated carbocycles. The van der Waals surface area contributed by atoms with E-state index in [1.807, 2.05) is 18.2 Å². The zero-order valence-corrected chi connectivity index (χ0v) is 17.5. The minimum Gasteiger partial charge on any atom is -0.395 e. The van der Waals surface area contributed by atoms with E-state index in [2.05, 4.69) is 96.9 Å². The third-order valence-electron chi connectivity index (χ3n) is 5.63. The molecule has 0 radical (unpaired) electrons. The molecule has 29 heavy (non-hydrogen) atoms. The van der Waals surface area contributed by atoms with Crippen molar-refractivity contribution in [3.05, 3.63) is 108 Å². The molecule has 3 heteroatoms. The van der Waals surface area contributed by atoms with Crippen LogP contribution in [0.25, 0.3) is 0 Å². The van der Waals surface area contributed by atoms with Crippen molar-refractivity contribution in [2.24, 2.45) is 0 Å². The quantitative estimate of drug-likeness (QED) is 0.509. The van der Waals surface area contributed by atoms with Gasteiger partial charge in [-0.15, -0.1) is 0 Å². The molecule has 0 spiro atoms. The fourth-order valence-electron chi connectivity index (χ4n) is 4.06. The molecule has 0 fully saturated rings. The van der Waals surface area contributed by atoms with Crippen LogP contribution in [0, 0.1) is 0 Å². The number of benzene rings is 3. The van der Waals surface area contributed by atoms with E-state index in [9.17, 15) is 5.11 Å². The summed E-state index contributed by atoms with van der Waals surface area (Å²) in [7, 11) is 0. The van der Waals surface area contributed by atoms with Crippen LogP contribution in [0.4, 0.5) is 0 Å². The van der Waals surface area contributed by atoms with Gasteiger partial charge in [0.25, 0.3) is 0 Å². The van der Waals surface area contributed by atoms with E-state index in [1.165, 1.54) is 0 Å². The first-order chi connectivity index (χ1) is 14.2. The van der Waals surface area contributed by atoms with E-state index < -0.39 is 5.54 Å². The summed E-state index contributed by atoms with van der Waals surface area (Å²) in [5.41, 5.74) is 2.94. The lowest BCUT2D eigenvalue weighted by atomic mass is 9.76. The van der Waals surface area contributed by atoms with Gasteiger partial charge in [0.05, 0.1) is 12.1 Å².